The minimum atomic E-state index is -0.558. The molecule has 1 aliphatic rings. The van der Waals surface area contributed by atoms with Crippen LogP contribution >= 0.6 is 0 Å². The Kier molecular flexibility index (Phi) is 7.14. The summed E-state index contributed by atoms with van der Waals surface area (Å²) in [5, 5.41) is 5.25. The summed E-state index contributed by atoms with van der Waals surface area (Å²) in [6, 6.07) is 13.3. The first-order valence-electron chi connectivity index (χ1n) is 9.65. The number of hydrogen-bond donors (Lipinski definition) is 2. The zero-order valence-electron chi connectivity index (χ0n) is 15.7. The van der Waals surface area contributed by atoms with Gasteiger partial charge in [0.1, 0.15) is 12.4 Å². The molecule has 148 valence electrons. The SMILES string of the molecule is O=C(COC1CCCCC1)Nc1ccc(F)c(NC(=O)Cc2ccccc2)c1. The Labute approximate surface area is 164 Å². The summed E-state index contributed by atoms with van der Waals surface area (Å²) in [5.74, 6) is -1.18. The van der Waals surface area contributed by atoms with Gasteiger partial charge in [-0.3, -0.25) is 9.59 Å². The van der Waals surface area contributed by atoms with Crippen LogP contribution in [0.5, 0.6) is 0 Å². The number of nitrogens with one attached hydrogen (secondary N) is 2. The van der Waals surface area contributed by atoms with E-state index in [4.69, 9.17) is 4.74 Å². The van der Waals surface area contributed by atoms with E-state index in [0.29, 0.717) is 5.69 Å². The molecular weight excluding hydrogens is 359 g/mol. The van der Waals surface area contributed by atoms with Crippen LogP contribution in [0.15, 0.2) is 48.5 Å². The molecule has 0 atom stereocenters. The molecule has 2 aromatic rings. The number of benzene rings is 2. The van der Waals surface area contributed by atoms with Crippen molar-refractivity contribution in [2.24, 2.45) is 0 Å². The molecule has 1 aliphatic carbocycles. The molecule has 1 fully saturated rings. The van der Waals surface area contributed by atoms with E-state index in [2.05, 4.69) is 10.6 Å². The Balaban J connectivity index is 1.53. The average Bonchev–Trinajstić information content (AvgIpc) is 2.70. The number of anilines is 2. The highest BCUT2D eigenvalue weighted by molar-refractivity contribution is 5.95. The molecule has 3 rings (SSSR count). The highest BCUT2D eigenvalue weighted by Crippen LogP contribution is 2.22. The summed E-state index contributed by atoms with van der Waals surface area (Å²) in [5.41, 5.74) is 1.28. The van der Waals surface area contributed by atoms with E-state index in [1.807, 2.05) is 30.3 Å². The Morgan fingerprint density at radius 3 is 2.46 bits per heavy atom. The Morgan fingerprint density at radius 2 is 1.71 bits per heavy atom. The Bertz CT molecular complexity index is 805. The molecule has 0 aliphatic heterocycles. The fourth-order valence-corrected chi connectivity index (χ4v) is 3.30. The molecule has 28 heavy (non-hydrogen) atoms. The van der Waals surface area contributed by atoms with Crippen molar-refractivity contribution in [2.45, 2.75) is 44.6 Å². The normalized spacial score (nSPS) is 14.5. The molecule has 0 unspecified atom stereocenters. The third-order valence-corrected chi connectivity index (χ3v) is 4.73. The Morgan fingerprint density at radius 1 is 0.964 bits per heavy atom. The van der Waals surface area contributed by atoms with Crippen LogP contribution in [-0.2, 0) is 20.7 Å². The molecule has 5 nitrogen and oxygen atoms in total. The topological polar surface area (TPSA) is 67.4 Å². The van der Waals surface area contributed by atoms with Gasteiger partial charge in [-0.1, -0.05) is 49.6 Å². The standard InChI is InChI=1S/C22H25FN2O3/c23-19-12-11-17(24-22(27)15-28-18-9-5-2-6-10-18)14-20(19)25-21(26)13-16-7-3-1-4-8-16/h1,3-4,7-8,11-12,14,18H,2,5-6,9-10,13,15H2,(H,24,27)(H,25,26). The molecular formula is C22H25FN2O3. The predicted octanol–water partition coefficient (Wildman–Crippen LogP) is 4.29. The molecule has 0 radical (unpaired) electrons. The van der Waals surface area contributed by atoms with Gasteiger partial charge in [-0.2, -0.15) is 0 Å². The number of carbonyl (C=O) groups is 2. The second-order valence-corrected chi connectivity index (χ2v) is 7.02. The summed E-state index contributed by atoms with van der Waals surface area (Å²) in [7, 11) is 0. The number of carbonyl (C=O) groups excluding carboxylic acids is 2. The van der Waals surface area contributed by atoms with E-state index in [-0.39, 0.29) is 36.6 Å². The lowest BCUT2D eigenvalue weighted by Gasteiger charge is -2.21. The maximum Gasteiger partial charge on any atom is 0.250 e. The van der Waals surface area contributed by atoms with Crippen LogP contribution in [0.25, 0.3) is 0 Å². The molecule has 2 aromatic carbocycles. The molecule has 2 N–H and O–H groups in total. The van der Waals surface area contributed by atoms with Crippen molar-refractivity contribution in [3.8, 4) is 0 Å². The third kappa shape index (κ3) is 6.16. The van der Waals surface area contributed by atoms with Crippen molar-refractivity contribution >= 4 is 23.2 Å². The second kappa shape index (κ2) is 9.99. The number of halogens is 1. The van der Waals surface area contributed by atoms with Crippen molar-refractivity contribution in [1.82, 2.24) is 0 Å². The summed E-state index contributed by atoms with van der Waals surface area (Å²) in [6.07, 6.45) is 5.75. The van der Waals surface area contributed by atoms with Gasteiger partial charge in [0.2, 0.25) is 11.8 Å². The van der Waals surface area contributed by atoms with E-state index in [9.17, 15) is 14.0 Å². The molecule has 0 saturated heterocycles. The van der Waals surface area contributed by atoms with Gasteiger partial charge in [-0.05, 0) is 36.6 Å². The predicted molar refractivity (Wildman–Crippen MR) is 107 cm³/mol. The van der Waals surface area contributed by atoms with Crippen LogP contribution in [0, 0.1) is 5.82 Å². The van der Waals surface area contributed by atoms with Crippen LogP contribution < -0.4 is 10.6 Å². The van der Waals surface area contributed by atoms with Gasteiger partial charge in [-0.15, -0.1) is 0 Å². The van der Waals surface area contributed by atoms with Gasteiger partial charge in [0.15, 0.2) is 0 Å². The van der Waals surface area contributed by atoms with Gasteiger partial charge >= 0.3 is 0 Å². The van der Waals surface area contributed by atoms with Crippen LogP contribution in [0.2, 0.25) is 0 Å². The van der Waals surface area contributed by atoms with E-state index < -0.39 is 5.82 Å². The lowest BCUT2D eigenvalue weighted by atomic mass is 9.98. The second-order valence-electron chi connectivity index (χ2n) is 7.02. The van der Waals surface area contributed by atoms with Gasteiger partial charge in [0, 0.05) is 5.69 Å². The van der Waals surface area contributed by atoms with Crippen molar-refractivity contribution in [3.05, 3.63) is 59.9 Å². The number of amides is 2. The highest BCUT2D eigenvalue weighted by atomic mass is 19.1. The summed E-state index contributed by atoms with van der Waals surface area (Å²) < 4.78 is 19.7. The van der Waals surface area contributed by atoms with Crippen molar-refractivity contribution in [3.63, 3.8) is 0 Å². The van der Waals surface area contributed by atoms with Gasteiger partial charge in [0.25, 0.3) is 0 Å². The molecule has 0 aromatic heterocycles. The van der Waals surface area contributed by atoms with E-state index in [1.165, 1.54) is 24.6 Å². The van der Waals surface area contributed by atoms with Crippen molar-refractivity contribution < 1.29 is 18.7 Å². The summed E-state index contributed by atoms with van der Waals surface area (Å²) in [4.78, 5) is 24.3. The smallest absolute Gasteiger partial charge is 0.250 e. The fraction of sp³-hybridized carbons (Fsp3) is 0.364. The quantitative estimate of drug-likeness (QED) is 0.748. The van der Waals surface area contributed by atoms with Crippen molar-refractivity contribution in [1.29, 1.82) is 0 Å². The number of hydrogen-bond acceptors (Lipinski definition) is 3. The van der Waals surface area contributed by atoms with Crippen molar-refractivity contribution in [2.75, 3.05) is 17.2 Å². The van der Waals surface area contributed by atoms with Gasteiger partial charge < -0.3 is 15.4 Å². The Hall–Kier alpha value is -2.73. The van der Waals surface area contributed by atoms with Crippen LogP contribution in [0.4, 0.5) is 15.8 Å². The monoisotopic (exact) mass is 384 g/mol. The average molecular weight is 384 g/mol. The first-order chi connectivity index (χ1) is 13.6. The maximum atomic E-state index is 14.0. The van der Waals surface area contributed by atoms with Crippen LogP contribution in [0.3, 0.4) is 0 Å². The molecule has 0 bridgehead atoms. The largest absolute Gasteiger partial charge is 0.368 e. The molecule has 0 heterocycles. The number of rotatable bonds is 7. The lowest BCUT2D eigenvalue weighted by molar-refractivity contribution is -0.123. The zero-order valence-corrected chi connectivity index (χ0v) is 15.7. The van der Waals surface area contributed by atoms with Gasteiger partial charge in [-0.25, -0.2) is 4.39 Å². The van der Waals surface area contributed by atoms with E-state index in [1.54, 1.807) is 0 Å². The number of ether oxygens (including phenoxy) is 1. The maximum absolute atomic E-state index is 14.0. The minimum absolute atomic E-state index is 0.0300. The molecule has 1 saturated carbocycles. The van der Waals surface area contributed by atoms with Gasteiger partial charge in [0.05, 0.1) is 18.2 Å². The van der Waals surface area contributed by atoms with E-state index >= 15 is 0 Å². The molecule has 0 spiro atoms. The lowest BCUT2D eigenvalue weighted by Crippen LogP contribution is -2.24. The molecule has 6 heteroatoms. The minimum Gasteiger partial charge on any atom is -0.368 e. The summed E-state index contributed by atoms with van der Waals surface area (Å²) in [6.45, 7) is -0.0300. The summed E-state index contributed by atoms with van der Waals surface area (Å²) >= 11 is 0. The zero-order chi connectivity index (χ0) is 19.8. The van der Waals surface area contributed by atoms with Crippen LogP contribution in [0.1, 0.15) is 37.7 Å². The third-order valence-electron chi connectivity index (χ3n) is 4.73. The molecule has 2 amide bonds. The first-order valence-corrected chi connectivity index (χ1v) is 9.65. The van der Waals surface area contributed by atoms with Crippen LogP contribution in [-0.4, -0.2) is 24.5 Å². The van der Waals surface area contributed by atoms with E-state index in [0.717, 1.165) is 31.2 Å². The fourth-order valence-electron chi connectivity index (χ4n) is 3.30. The first kappa shape index (κ1) is 20.0. The highest BCUT2D eigenvalue weighted by Gasteiger charge is 2.16.